The van der Waals surface area contributed by atoms with Crippen LogP contribution in [0.2, 0.25) is 5.02 Å². The number of amides is 2. The van der Waals surface area contributed by atoms with E-state index in [1.165, 1.54) is 0 Å². The standard InChI is InChI=1S/C18H18ClN3O2/c19-15-3-5-16(6-4-15)21-17(23)13-7-10-22(11-8-13)18(24)14-2-1-9-20-12-14/h1-6,9,12-13H,7-8,10-11H2,(H,21,23). The fourth-order valence-corrected chi connectivity index (χ4v) is 2.92. The van der Waals surface area contributed by atoms with Gasteiger partial charge in [-0.15, -0.1) is 0 Å². The van der Waals surface area contributed by atoms with Crippen molar-refractivity contribution in [2.24, 2.45) is 5.92 Å². The number of anilines is 1. The van der Waals surface area contributed by atoms with Gasteiger partial charge < -0.3 is 10.2 Å². The van der Waals surface area contributed by atoms with Gasteiger partial charge in [-0.3, -0.25) is 14.6 Å². The molecule has 1 saturated heterocycles. The topological polar surface area (TPSA) is 62.3 Å². The third kappa shape index (κ3) is 3.92. The Labute approximate surface area is 145 Å². The predicted octanol–water partition coefficient (Wildman–Crippen LogP) is 3.23. The predicted molar refractivity (Wildman–Crippen MR) is 92.9 cm³/mol. The summed E-state index contributed by atoms with van der Waals surface area (Å²) in [5, 5.41) is 3.54. The number of carbonyl (C=O) groups is 2. The molecule has 2 aromatic rings. The van der Waals surface area contributed by atoms with E-state index in [9.17, 15) is 9.59 Å². The van der Waals surface area contributed by atoms with Gasteiger partial charge in [0.25, 0.3) is 5.91 Å². The fraction of sp³-hybridized carbons (Fsp3) is 0.278. The van der Waals surface area contributed by atoms with Crippen LogP contribution in [-0.2, 0) is 4.79 Å². The number of pyridine rings is 1. The van der Waals surface area contributed by atoms with Gasteiger partial charge in [0.15, 0.2) is 0 Å². The highest BCUT2D eigenvalue weighted by Crippen LogP contribution is 2.21. The van der Waals surface area contributed by atoms with Gasteiger partial charge in [0.2, 0.25) is 5.91 Å². The molecule has 0 spiro atoms. The lowest BCUT2D eigenvalue weighted by molar-refractivity contribution is -0.121. The summed E-state index contributed by atoms with van der Waals surface area (Å²) in [6, 6.07) is 10.6. The molecule has 1 aliphatic heterocycles. The van der Waals surface area contributed by atoms with Crippen molar-refractivity contribution in [2.75, 3.05) is 18.4 Å². The van der Waals surface area contributed by atoms with E-state index in [-0.39, 0.29) is 17.7 Å². The zero-order chi connectivity index (χ0) is 16.9. The second-order valence-electron chi connectivity index (χ2n) is 5.80. The van der Waals surface area contributed by atoms with Crippen molar-refractivity contribution in [2.45, 2.75) is 12.8 Å². The Morgan fingerprint density at radius 2 is 1.83 bits per heavy atom. The number of benzene rings is 1. The molecular weight excluding hydrogens is 326 g/mol. The highest BCUT2D eigenvalue weighted by Gasteiger charge is 2.27. The highest BCUT2D eigenvalue weighted by atomic mass is 35.5. The lowest BCUT2D eigenvalue weighted by atomic mass is 9.95. The van der Waals surface area contributed by atoms with Crippen molar-refractivity contribution in [1.29, 1.82) is 0 Å². The molecular formula is C18H18ClN3O2. The number of aromatic nitrogens is 1. The van der Waals surface area contributed by atoms with E-state index in [0.717, 1.165) is 5.69 Å². The number of carbonyl (C=O) groups excluding carboxylic acids is 2. The minimum absolute atomic E-state index is 0.00852. The van der Waals surface area contributed by atoms with Crippen molar-refractivity contribution in [3.8, 4) is 0 Å². The minimum Gasteiger partial charge on any atom is -0.339 e. The summed E-state index contributed by atoms with van der Waals surface area (Å²) >= 11 is 5.84. The number of hydrogen-bond donors (Lipinski definition) is 1. The molecule has 1 aromatic heterocycles. The van der Waals surface area contributed by atoms with Crippen LogP contribution in [0.1, 0.15) is 23.2 Å². The number of likely N-dealkylation sites (tertiary alicyclic amines) is 1. The Morgan fingerprint density at radius 3 is 2.46 bits per heavy atom. The largest absolute Gasteiger partial charge is 0.339 e. The van der Waals surface area contributed by atoms with Gasteiger partial charge in [0.1, 0.15) is 0 Å². The lowest BCUT2D eigenvalue weighted by Gasteiger charge is -2.31. The van der Waals surface area contributed by atoms with Crippen molar-refractivity contribution in [3.63, 3.8) is 0 Å². The average molecular weight is 344 g/mol. The number of nitrogens with zero attached hydrogens (tertiary/aromatic N) is 2. The Bertz CT molecular complexity index is 711. The summed E-state index contributed by atoms with van der Waals surface area (Å²) in [6.07, 6.45) is 4.53. The van der Waals surface area contributed by atoms with Crippen LogP contribution in [0, 0.1) is 5.92 Å². The van der Waals surface area contributed by atoms with Crippen LogP contribution in [0.5, 0.6) is 0 Å². The molecule has 3 rings (SSSR count). The SMILES string of the molecule is O=C(Nc1ccc(Cl)cc1)C1CCN(C(=O)c2cccnc2)CC1. The Balaban J connectivity index is 1.54. The number of hydrogen-bond acceptors (Lipinski definition) is 3. The molecule has 0 radical (unpaired) electrons. The zero-order valence-corrected chi connectivity index (χ0v) is 13.9. The number of halogens is 1. The summed E-state index contributed by atoms with van der Waals surface area (Å²) in [5.41, 5.74) is 1.32. The zero-order valence-electron chi connectivity index (χ0n) is 13.1. The van der Waals surface area contributed by atoms with Crippen LogP contribution in [0.4, 0.5) is 5.69 Å². The van der Waals surface area contributed by atoms with Gasteiger partial charge in [0, 0.05) is 42.1 Å². The van der Waals surface area contributed by atoms with Crippen LogP contribution in [-0.4, -0.2) is 34.8 Å². The maximum absolute atomic E-state index is 12.4. The number of rotatable bonds is 3. The molecule has 0 atom stereocenters. The molecule has 24 heavy (non-hydrogen) atoms. The first-order chi connectivity index (χ1) is 11.6. The van der Waals surface area contributed by atoms with Crippen LogP contribution in [0.25, 0.3) is 0 Å². The first kappa shape index (κ1) is 16.5. The van der Waals surface area contributed by atoms with E-state index in [2.05, 4.69) is 10.3 Å². The maximum atomic E-state index is 12.4. The minimum atomic E-state index is -0.0846. The first-order valence-electron chi connectivity index (χ1n) is 7.89. The van der Waals surface area contributed by atoms with Crippen LogP contribution >= 0.6 is 11.6 Å². The third-order valence-corrected chi connectivity index (χ3v) is 4.43. The molecule has 2 heterocycles. The van der Waals surface area contributed by atoms with E-state index < -0.39 is 0 Å². The summed E-state index contributed by atoms with van der Waals surface area (Å²) in [6.45, 7) is 1.15. The molecule has 2 amide bonds. The molecule has 1 aliphatic rings. The van der Waals surface area contributed by atoms with Gasteiger partial charge in [0.05, 0.1) is 5.56 Å². The maximum Gasteiger partial charge on any atom is 0.255 e. The summed E-state index contributed by atoms with van der Waals surface area (Å²) < 4.78 is 0. The quantitative estimate of drug-likeness (QED) is 0.930. The molecule has 1 N–H and O–H groups in total. The van der Waals surface area contributed by atoms with E-state index in [1.54, 1.807) is 53.7 Å². The van der Waals surface area contributed by atoms with E-state index in [4.69, 9.17) is 11.6 Å². The lowest BCUT2D eigenvalue weighted by Crippen LogP contribution is -2.41. The summed E-state index contributed by atoms with van der Waals surface area (Å²) in [4.78, 5) is 30.5. The highest BCUT2D eigenvalue weighted by molar-refractivity contribution is 6.30. The van der Waals surface area contributed by atoms with E-state index >= 15 is 0 Å². The van der Waals surface area contributed by atoms with Crippen molar-refractivity contribution in [1.82, 2.24) is 9.88 Å². The van der Waals surface area contributed by atoms with Gasteiger partial charge >= 0.3 is 0 Å². The molecule has 1 fully saturated rings. The van der Waals surface area contributed by atoms with Crippen molar-refractivity contribution in [3.05, 3.63) is 59.4 Å². The van der Waals surface area contributed by atoms with Crippen LogP contribution in [0.3, 0.4) is 0 Å². The average Bonchev–Trinajstić information content (AvgIpc) is 2.64. The van der Waals surface area contributed by atoms with E-state index in [1.807, 2.05) is 0 Å². The molecule has 6 heteroatoms. The molecule has 0 unspecified atom stereocenters. The second kappa shape index (κ2) is 7.45. The van der Waals surface area contributed by atoms with Gasteiger partial charge in [-0.1, -0.05) is 11.6 Å². The monoisotopic (exact) mass is 343 g/mol. The molecule has 5 nitrogen and oxygen atoms in total. The third-order valence-electron chi connectivity index (χ3n) is 4.17. The number of piperidine rings is 1. The van der Waals surface area contributed by atoms with Crippen LogP contribution < -0.4 is 5.32 Å². The van der Waals surface area contributed by atoms with Gasteiger partial charge in [-0.05, 0) is 49.2 Å². The van der Waals surface area contributed by atoms with E-state index in [0.29, 0.717) is 36.5 Å². The second-order valence-corrected chi connectivity index (χ2v) is 6.24. The first-order valence-corrected chi connectivity index (χ1v) is 8.27. The fourth-order valence-electron chi connectivity index (χ4n) is 2.79. The van der Waals surface area contributed by atoms with Crippen LogP contribution in [0.15, 0.2) is 48.8 Å². The molecule has 0 aliphatic carbocycles. The normalized spacial score (nSPS) is 15.1. The molecule has 1 aromatic carbocycles. The van der Waals surface area contributed by atoms with Gasteiger partial charge in [-0.25, -0.2) is 0 Å². The van der Waals surface area contributed by atoms with Crippen molar-refractivity contribution < 1.29 is 9.59 Å². The van der Waals surface area contributed by atoms with Gasteiger partial charge in [-0.2, -0.15) is 0 Å². The molecule has 0 bridgehead atoms. The number of nitrogens with one attached hydrogen (secondary N) is 1. The summed E-state index contributed by atoms with van der Waals surface area (Å²) in [7, 11) is 0. The smallest absolute Gasteiger partial charge is 0.255 e. The van der Waals surface area contributed by atoms with Crippen molar-refractivity contribution >= 4 is 29.1 Å². The Morgan fingerprint density at radius 1 is 1.12 bits per heavy atom. The Hall–Kier alpha value is -2.40. The molecule has 0 saturated carbocycles. The summed E-state index contributed by atoms with van der Waals surface area (Å²) in [5.74, 6) is -0.121. The Kier molecular flexibility index (Phi) is 5.11. The molecule has 124 valence electrons.